The molecule has 5 rings (SSSR count). The monoisotopic (exact) mass is 482 g/mol. The van der Waals surface area contributed by atoms with Gasteiger partial charge in [0, 0.05) is 31.1 Å². The molecule has 5 heteroatoms. The molecule has 0 aliphatic carbocycles. The minimum atomic E-state index is 0.112. The summed E-state index contributed by atoms with van der Waals surface area (Å²) in [5, 5.41) is 5.99. The molecule has 0 saturated carbocycles. The van der Waals surface area contributed by atoms with Crippen molar-refractivity contribution in [2.45, 2.75) is 38.1 Å². The summed E-state index contributed by atoms with van der Waals surface area (Å²) in [5.41, 5.74) is 3.60. The quantitative estimate of drug-likeness (QED) is 0.271. The first-order valence-electron chi connectivity index (χ1n) is 12.9. The molecule has 186 valence electrons. The highest BCUT2D eigenvalue weighted by atomic mass is 16.5. The first-order valence-corrected chi connectivity index (χ1v) is 12.9. The predicted molar refractivity (Wildman–Crippen MR) is 143 cm³/mol. The average Bonchev–Trinajstić information content (AvgIpc) is 2.95. The summed E-state index contributed by atoms with van der Waals surface area (Å²) in [6.45, 7) is 4.33. The van der Waals surface area contributed by atoms with Crippen molar-refractivity contribution >= 4 is 10.8 Å². The molecule has 1 aliphatic rings. The number of benzene rings is 3. The van der Waals surface area contributed by atoms with E-state index in [4.69, 9.17) is 14.2 Å². The van der Waals surface area contributed by atoms with Gasteiger partial charge in [0.15, 0.2) is 0 Å². The minimum absolute atomic E-state index is 0.112. The zero-order valence-corrected chi connectivity index (χ0v) is 20.6. The topological polar surface area (TPSA) is 52.6 Å². The standard InChI is InChI=1S/C31H34N2O3/c1-2-7-24(8-3-1)22-34-17-6-18-35-31-14-13-28(20-33-31)29-15-16-32-21-30(29)36-23-25-11-12-26-9-4-5-10-27(26)19-25/h1-5,7-14,19-20,29-30,32H,6,15-18,21-23H2/t29-,30+/m0/s1. The summed E-state index contributed by atoms with van der Waals surface area (Å²) in [6.07, 6.45) is 3.92. The van der Waals surface area contributed by atoms with Gasteiger partial charge in [-0.25, -0.2) is 4.98 Å². The van der Waals surface area contributed by atoms with Crippen LogP contribution in [-0.4, -0.2) is 37.4 Å². The Labute approximate surface area is 213 Å². The van der Waals surface area contributed by atoms with Gasteiger partial charge in [-0.05, 0) is 46.5 Å². The number of nitrogens with zero attached hydrogens (tertiary/aromatic N) is 1. The first-order chi connectivity index (χ1) is 17.8. The van der Waals surface area contributed by atoms with E-state index in [1.54, 1.807) is 0 Å². The molecule has 0 unspecified atom stereocenters. The van der Waals surface area contributed by atoms with Gasteiger partial charge in [-0.3, -0.25) is 0 Å². The maximum Gasteiger partial charge on any atom is 0.213 e. The Morgan fingerprint density at radius 1 is 0.806 bits per heavy atom. The van der Waals surface area contributed by atoms with E-state index in [0.717, 1.165) is 25.9 Å². The van der Waals surface area contributed by atoms with Gasteiger partial charge in [-0.15, -0.1) is 0 Å². The number of ether oxygens (including phenoxy) is 3. The van der Waals surface area contributed by atoms with E-state index < -0.39 is 0 Å². The molecular weight excluding hydrogens is 448 g/mol. The second-order valence-electron chi connectivity index (χ2n) is 9.30. The Bertz CT molecular complexity index is 1210. The van der Waals surface area contributed by atoms with Crippen LogP contribution in [-0.2, 0) is 22.7 Å². The van der Waals surface area contributed by atoms with Crippen LogP contribution in [0.5, 0.6) is 5.88 Å². The van der Waals surface area contributed by atoms with Crippen LogP contribution in [0.4, 0.5) is 0 Å². The lowest BCUT2D eigenvalue weighted by molar-refractivity contribution is 0.0106. The Kier molecular flexibility index (Phi) is 8.58. The number of hydrogen-bond acceptors (Lipinski definition) is 5. The summed E-state index contributed by atoms with van der Waals surface area (Å²) in [4.78, 5) is 4.57. The van der Waals surface area contributed by atoms with Crippen LogP contribution in [0.15, 0.2) is 91.1 Å². The summed E-state index contributed by atoms with van der Waals surface area (Å²) < 4.78 is 18.0. The van der Waals surface area contributed by atoms with Crippen molar-refractivity contribution in [3.05, 3.63) is 108 Å². The highest BCUT2D eigenvalue weighted by Gasteiger charge is 2.27. The van der Waals surface area contributed by atoms with Gasteiger partial charge in [0.1, 0.15) is 0 Å². The number of hydrogen-bond donors (Lipinski definition) is 1. The third-order valence-electron chi connectivity index (χ3n) is 6.69. The molecule has 3 aromatic carbocycles. The first kappa shape index (κ1) is 24.4. The van der Waals surface area contributed by atoms with Gasteiger partial charge in [-0.1, -0.05) is 72.8 Å². The number of piperidine rings is 1. The molecule has 0 amide bonds. The van der Waals surface area contributed by atoms with Gasteiger partial charge in [0.05, 0.1) is 32.5 Å². The summed E-state index contributed by atoms with van der Waals surface area (Å²) >= 11 is 0. The number of fused-ring (bicyclic) bond motifs is 1. The van der Waals surface area contributed by atoms with Crippen LogP contribution in [0.2, 0.25) is 0 Å². The van der Waals surface area contributed by atoms with Crippen molar-refractivity contribution in [1.29, 1.82) is 0 Å². The van der Waals surface area contributed by atoms with Crippen molar-refractivity contribution in [2.24, 2.45) is 0 Å². The van der Waals surface area contributed by atoms with Crippen molar-refractivity contribution in [3.63, 3.8) is 0 Å². The third kappa shape index (κ3) is 6.70. The highest BCUT2D eigenvalue weighted by Crippen LogP contribution is 2.29. The molecule has 1 aliphatic heterocycles. The fourth-order valence-corrected chi connectivity index (χ4v) is 4.72. The number of nitrogens with one attached hydrogen (secondary N) is 1. The molecule has 1 N–H and O–H groups in total. The summed E-state index contributed by atoms with van der Waals surface area (Å²) in [6, 6.07) is 29.3. The molecular formula is C31H34N2O3. The molecule has 5 nitrogen and oxygen atoms in total. The Morgan fingerprint density at radius 2 is 1.67 bits per heavy atom. The molecule has 2 heterocycles. The lowest BCUT2D eigenvalue weighted by Gasteiger charge is -2.32. The van der Waals surface area contributed by atoms with Crippen LogP contribution < -0.4 is 10.1 Å². The van der Waals surface area contributed by atoms with Crippen molar-refractivity contribution in [3.8, 4) is 5.88 Å². The molecule has 0 bridgehead atoms. The average molecular weight is 483 g/mol. The van der Waals surface area contributed by atoms with Crippen molar-refractivity contribution in [2.75, 3.05) is 26.3 Å². The van der Waals surface area contributed by atoms with Gasteiger partial charge in [-0.2, -0.15) is 0 Å². The Balaban J connectivity index is 1.09. The SMILES string of the molecule is c1ccc(COCCCOc2ccc([C@@H]3CCNC[C@H]3OCc3ccc4ccccc4c3)cn2)cc1. The zero-order valence-electron chi connectivity index (χ0n) is 20.6. The van der Waals surface area contributed by atoms with Crippen molar-refractivity contribution in [1.82, 2.24) is 10.3 Å². The second-order valence-corrected chi connectivity index (χ2v) is 9.30. The molecule has 1 fully saturated rings. The molecule has 0 radical (unpaired) electrons. The zero-order chi connectivity index (χ0) is 24.4. The lowest BCUT2D eigenvalue weighted by atomic mass is 9.88. The predicted octanol–water partition coefficient (Wildman–Crippen LogP) is 5.88. The van der Waals surface area contributed by atoms with Crippen LogP contribution in [0.25, 0.3) is 10.8 Å². The van der Waals surface area contributed by atoms with Gasteiger partial charge < -0.3 is 19.5 Å². The number of rotatable bonds is 11. The van der Waals surface area contributed by atoms with E-state index in [0.29, 0.717) is 38.2 Å². The number of pyridine rings is 1. The van der Waals surface area contributed by atoms with Gasteiger partial charge in [0.2, 0.25) is 5.88 Å². The van der Waals surface area contributed by atoms with Gasteiger partial charge >= 0.3 is 0 Å². The Morgan fingerprint density at radius 3 is 2.53 bits per heavy atom. The summed E-state index contributed by atoms with van der Waals surface area (Å²) in [5.74, 6) is 0.976. The van der Waals surface area contributed by atoms with Crippen molar-refractivity contribution < 1.29 is 14.2 Å². The molecule has 1 saturated heterocycles. The van der Waals surface area contributed by atoms with E-state index in [2.05, 4.69) is 71.0 Å². The van der Waals surface area contributed by atoms with E-state index >= 15 is 0 Å². The van der Waals surface area contributed by atoms with Crippen LogP contribution in [0.1, 0.15) is 35.4 Å². The molecule has 36 heavy (non-hydrogen) atoms. The highest BCUT2D eigenvalue weighted by molar-refractivity contribution is 5.82. The minimum Gasteiger partial charge on any atom is -0.478 e. The maximum absolute atomic E-state index is 6.41. The molecule has 1 aromatic heterocycles. The van der Waals surface area contributed by atoms with Gasteiger partial charge in [0.25, 0.3) is 0 Å². The fourth-order valence-electron chi connectivity index (χ4n) is 4.72. The van der Waals surface area contributed by atoms with Crippen LogP contribution in [0.3, 0.4) is 0 Å². The largest absolute Gasteiger partial charge is 0.478 e. The van der Waals surface area contributed by atoms with E-state index in [1.807, 2.05) is 30.5 Å². The second kappa shape index (κ2) is 12.6. The Hall–Kier alpha value is -3.25. The molecule has 0 spiro atoms. The maximum atomic E-state index is 6.41. The normalized spacial score (nSPS) is 17.8. The molecule has 4 aromatic rings. The van der Waals surface area contributed by atoms with Crippen LogP contribution in [0, 0.1) is 0 Å². The van der Waals surface area contributed by atoms with Crippen LogP contribution >= 0.6 is 0 Å². The fraction of sp³-hybridized carbons (Fsp3) is 0.323. The van der Waals surface area contributed by atoms with E-state index in [1.165, 1.54) is 27.5 Å². The van der Waals surface area contributed by atoms with E-state index in [9.17, 15) is 0 Å². The number of aromatic nitrogens is 1. The third-order valence-corrected chi connectivity index (χ3v) is 6.69. The van der Waals surface area contributed by atoms with E-state index in [-0.39, 0.29) is 6.10 Å². The lowest BCUT2D eigenvalue weighted by Crippen LogP contribution is -2.41. The summed E-state index contributed by atoms with van der Waals surface area (Å²) in [7, 11) is 0. The smallest absolute Gasteiger partial charge is 0.213 e. The molecule has 2 atom stereocenters.